The van der Waals surface area contributed by atoms with Gasteiger partial charge in [0.05, 0.1) is 11.5 Å². The number of aliphatic hydroxyl groups excluding tert-OH is 1. The van der Waals surface area contributed by atoms with Crippen LogP contribution in [0.2, 0.25) is 5.02 Å². The van der Waals surface area contributed by atoms with Crippen LogP contribution in [0.5, 0.6) is 0 Å². The third-order valence-electron chi connectivity index (χ3n) is 3.33. The van der Waals surface area contributed by atoms with Gasteiger partial charge in [-0.1, -0.05) is 23.7 Å². The Morgan fingerprint density at radius 1 is 1.37 bits per heavy atom. The Hall–Kier alpha value is -1.06. The molecule has 0 heterocycles. The van der Waals surface area contributed by atoms with Crippen molar-refractivity contribution in [1.29, 1.82) is 0 Å². The molecule has 0 aliphatic carbocycles. The number of carbonyl (C=O) groups is 1. The Balaban J connectivity index is 2.81. The van der Waals surface area contributed by atoms with Crippen LogP contribution < -0.4 is 0 Å². The number of nitrogens with zero attached hydrogens (tertiary/aromatic N) is 1. The second-order valence-electron chi connectivity index (χ2n) is 5.50. The number of rotatable bonds is 5. The molecule has 0 radical (unpaired) electrons. The van der Waals surface area contributed by atoms with E-state index in [2.05, 4.69) is 0 Å². The lowest BCUT2D eigenvalue weighted by Gasteiger charge is -2.30. The van der Waals surface area contributed by atoms with Gasteiger partial charge in [-0.3, -0.25) is 4.79 Å². The number of amides is 1. The van der Waals surface area contributed by atoms with Crippen molar-refractivity contribution in [3.63, 3.8) is 0 Å². The molecule has 0 aromatic heterocycles. The first-order chi connectivity index (χ1) is 8.75. The van der Waals surface area contributed by atoms with Crippen molar-refractivity contribution < 1.29 is 9.90 Å². The van der Waals surface area contributed by atoms with Crippen LogP contribution in [0.1, 0.15) is 32.8 Å². The van der Waals surface area contributed by atoms with Gasteiger partial charge in [-0.25, -0.2) is 0 Å². The first kappa shape index (κ1) is 16.0. The van der Waals surface area contributed by atoms with Crippen LogP contribution in [0.25, 0.3) is 0 Å². The highest BCUT2D eigenvalue weighted by atomic mass is 35.5. The Labute approximate surface area is 120 Å². The third-order valence-corrected chi connectivity index (χ3v) is 3.58. The summed E-state index contributed by atoms with van der Waals surface area (Å²) in [7, 11) is 1.77. The van der Waals surface area contributed by atoms with Crippen molar-refractivity contribution in [2.45, 2.75) is 38.7 Å². The van der Waals surface area contributed by atoms with E-state index in [4.69, 9.17) is 11.6 Å². The maximum atomic E-state index is 12.5. The summed E-state index contributed by atoms with van der Waals surface area (Å²) in [6.45, 7) is 6.07. The number of carbonyl (C=O) groups excluding carboxylic acids is 1. The van der Waals surface area contributed by atoms with Crippen LogP contribution in [-0.2, 0) is 10.2 Å². The molecule has 0 fully saturated rings. The predicted molar refractivity (Wildman–Crippen MR) is 78.4 cm³/mol. The van der Waals surface area contributed by atoms with Crippen LogP contribution in [-0.4, -0.2) is 35.6 Å². The van der Waals surface area contributed by atoms with E-state index in [1.54, 1.807) is 31.0 Å². The highest BCUT2D eigenvalue weighted by molar-refractivity contribution is 6.30. The molecule has 0 aliphatic heterocycles. The summed E-state index contributed by atoms with van der Waals surface area (Å²) in [6.07, 6.45) is 0.188. The summed E-state index contributed by atoms with van der Waals surface area (Å²) in [4.78, 5) is 14.1. The molecule has 0 spiro atoms. The average molecular weight is 284 g/mol. The van der Waals surface area contributed by atoms with Gasteiger partial charge in [-0.05, 0) is 44.9 Å². The third kappa shape index (κ3) is 4.22. The smallest absolute Gasteiger partial charge is 0.232 e. The highest BCUT2D eigenvalue weighted by Crippen LogP contribution is 2.26. The van der Waals surface area contributed by atoms with E-state index in [9.17, 15) is 9.90 Å². The van der Waals surface area contributed by atoms with Gasteiger partial charge in [0.2, 0.25) is 5.91 Å². The van der Waals surface area contributed by atoms with E-state index in [0.29, 0.717) is 18.0 Å². The van der Waals surface area contributed by atoms with Gasteiger partial charge in [-0.2, -0.15) is 0 Å². The van der Waals surface area contributed by atoms with Crippen molar-refractivity contribution in [2.24, 2.45) is 0 Å². The lowest BCUT2D eigenvalue weighted by Crippen LogP contribution is -2.42. The van der Waals surface area contributed by atoms with Gasteiger partial charge in [0.25, 0.3) is 0 Å². The van der Waals surface area contributed by atoms with Gasteiger partial charge in [-0.15, -0.1) is 0 Å². The maximum absolute atomic E-state index is 12.5. The molecule has 0 bridgehead atoms. The van der Waals surface area contributed by atoms with Crippen molar-refractivity contribution in [3.05, 3.63) is 34.9 Å². The summed E-state index contributed by atoms with van der Waals surface area (Å²) in [5.41, 5.74) is 0.337. The minimum absolute atomic E-state index is 0.0375. The fraction of sp³-hybridized carbons (Fsp3) is 0.533. The summed E-state index contributed by atoms with van der Waals surface area (Å²) in [5.74, 6) is 0.0375. The second kappa shape index (κ2) is 6.40. The SMILES string of the molecule is CC(O)CCN(C)C(=O)C(C)(C)c1ccc(Cl)cc1. The molecular formula is C15H22ClNO2. The summed E-state index contributed by atoms with van der Waals surface area (Å²) >= 11 is 5.87. The lowest BCUT2D eigenvalue weighted by atomic mass is 9.83. The molecule has 1 atom stereocenters. The standard InChI is InChI=1S/C15H22ClNO2/c1-11(18)9-10-17(4)14(19)15(2,3)12-5-7-13(16)8-6-12/h5-8,11,18H,9-10H2,1-4H3. The van der Waals surface area contributed by atoms with E-state index in [1.165, 1.54) is 0 Å². The van der Waals surface area contributed by atoms with Crippen LogP contribution in [0.3, 0.4) is 0 Å². The number of benzene rings is 1. The van der Waals surface area contributed by atoms with Gasteiger partial charge >= 0.3 is 0 Å². The van der Waals surface area contributed by atoms with Crippen LogP contribution in [0, 0.1) is 0 Å². The molecule has 0 saturated carbocycles. The van der Waals surface area contributed by atoms with Crippen molar-refractivity contribution >= 4 is 17.5 Å². The number of halogens is 1. The predicted octanol–water partition coefficient (Wildman–Crippen LogP) is 2.85. The zero-order chi connectivity index (χ0) is 14.6. The topological polar surface area (TPSA) is 40.5 Å². The quantitative estimate of drug-likeness (QED) is 0.903. The molecule has 4 heteroatoms. The van der Waals surface area contributed by atoms with Crippen LogP contribution in [0.15, 0.2) is 24.3 Å². The molecule has 106 valence electrons. The molecule has 19 heavy (non-hydrogen) atoms. The molecule has 1 aromatic carbocycles. The van der Waals surface area contributed by atoms with E-state index in [1.807, 2.05) is 26.0 Å². The zero-order valence-corrected chi connectivity index (χ0v) is 12.7. The molecule has 1 unspecified atom stereocenters. The maximum Gasteiger partial charge on any atom is 0.232 e. The monoisotopic (exact) mass is 283 g/mol. The first-order valence-corrected chi connectivity index (χ1v) is 6.82. The minimum atomic E-state index is -0.599. The second-order valence-corrected chi connectivity index (χ2v) is 5.93. The highest BCUT2D eigenvalue weighted by Gasteiger charge is 2.32. The van der Waals surface area contributed by atoms with Crippen molar-refractivity contribution in [2.75, 3.05) is 13.6 Å². The molecular weight excluding hydrogens is 262 g/mol. The Morgan fingerprint density at radius 2 is 1.89 bits per heavy atom. The van der Waals surface area contributed by atoms with Crippen LogP contribution >= 0.6 is 11.6 Å². The molecule has 0 aliphatic rings. The van der Waals surface area contributed by atoms with Gasteiger partial charge in [0, 0.05) is 18.6 Å². The number of hydrogen-bond acceptors (Lipinski definition) is 2. The molecule has 1 amide bonds. The molecule has 1 N–H and O–H groups in total. The van der Waals surface area contributed by atoms with Gasteiger partial charge < -0.3 is 10.0 Å². The van der Waals surface area contributed by atoms with Crippen molar-refractivity contribution in [1.82, 2.24) is 4.90 Å². The summed E-state index contributed by atoms with van der Waals surface area (Å²) < 4.78 is 0. The minimum Gasteiger partial charge on any atom is -0.393 e. The number of hydrogen-bond donors (Lipinski definition) is 1. The fourth-order valence-electron chi connectivity index (χ4n) is 1.95. The summed E-state index contributed by atoms with van der Waals surface area (Å²) in [5, 5.41) is 9.94. The van der Waals surface area contributed by atoms with Gasteiger partial charge in [0.15, 0.2) is 0 Å². The van der Waals surface area contributed by atoms with Gasteiger partial charge in [0.1, 0.15) is 0 Å². The van der Waals surface area contributed by atoms with E-state index in [0.717, 1.165) is 5.56 Å². The Kier molecular flexibility index (Phi) is 5.39. The van der Waals surface area contributed by atoms with E-state index < -0.39 is 11.5 Å². The largest absolute Gasteiger partial charge is 0.393 e. The fourth-order valence-corrected chi connectivity index (χ4v) is 2.08. The first-order valence-electron chi connectivity index (χ1n) is 6.45. The lowest BCUT2D eigenvalue weighted by molar-refractivity contribution is -0.135. The molecule has 1 aromatic rings. The molecule has 3 nitrogen and oxygen atoms in total. The Morgan fingerprint density at radius 3 is 2.37 bits per heavy atom. The average Bonchev–Trinajstić information content (AvgIpc) is 2.35. The zero-order valence-electron chi connectivity index (χ0n) is 12.0. The molecule has 0 saturated heterocycles. The van der Waals surface area contributed by atoms with Crippen molar-refractivity contribution in [3.8, 4) is 0 Å². The normalized spacial score (nSPS) is 13.2. The van der Waals surface area contributed by atoms with Crippen LogP contribution in [0.4, 0.5) is 0 Å². The summed E-state index contributed by atoms with van der Waals surface area (Å²) in [6, 6.07) is 7.34. The number of aliphatic hydroxyl groups is 1. The van der Waals surface area contributed by atoms with E-state index >= 15 is 0 Å². The van der Waals surface area contributed by atoms with E-state index in [-0.39, 0.29) is 5.91 Å². The number of likely N-dealkylation sites (N-methyl/N-ethyl adjacent to an activating group) is 1. The Bertz CT molecular complexity index is 426. The molecule has 1 rings (SSSR count).